The van der Waals surface area contributed by atoms with Crippen molar-refractivity contribution in [2.45, 2.75) is 46.5 Å². The normalized spacial score (nSPS) is 13.8. The van der Waals surface area contributed by atoms with E-state index in [4.69, 9.17) is 9.47 Å². The lowest BCUT2D eigenvalue weighted by atomic mass is 9.97. The molecular formula is C37H34F4N4O5. The molecule has 0 radical (unpaired) electrons. The molecule has 13 heteroatoms. The van der Waals surface area contributed by atoms with E-state index < -0.39 is 47.4 Å². The summed E-state index contributed by atoms with van der Waals surface area (Å²) in [7, 11) is 1.83. The highest BCUT2D eigenvalue weighted by Crippen LogP contribution is 2.41. The number of nitrogens with zero attached hydrogens (tertiary/aromatic N) is 2. The van der Waals surface area contributed by atoms with Crippen LogP contribution in [-0.2, 0) is 29.2 Å². The van der Waals surface area contributed by atoms with Gasteiger partial charge in [-0.1, -0.05) is 24.8 Å². The smallest absolute Gasteiger partial charge is 0.429 e. The minimum absolute atomic E-state index is 0.00313. The van der Waals surface area contributed by atoms with Gasteiger partial charge in [0.25, 0.3) is 5.91 Å². The highest BCUT2D eigenvalue weighted by atomic mass is 19.1. The van der Waals surface area contributed by atoms with Crippen molar-refractivity contribution in [3.8, 4) is 5.75 Å². The SMILES string of the molecule is C=C1N(Cc2c(C)cc(OC(=O)OCc3ccc(NC(C)=O)cc3)cc2F)c2cc(C(=O)NCc3c(F)cc(F)cc3F)ccc2[C@H](C)N1C. The summed E-state index contributed by atoms with van der Waals surface area (Å²) in [6.07, 6.45) is -1.04. The number of carbonyl (C=O) groups excluding carboxylic acids is 3. The number of aryl methyl sites for hydroxylation is 1. The molecule has 1 aliphatic rings. The van der Waals surface area contributed by atoms with Crippen LogP contribution in [0.4, 0.5) is 33.7 Å². The molecule has 2 amide bonds. The lowest BCUT2D eigenvalue weighted by Gasteiger charge is -2.43. The van der Waals surface area contributed by atoms with E-state index in [2.05, 4.69) is 17.2 Å². The third kappa shape index (κ3) is 7.88. The van der Waals surface area contributed by atoms with Crippen LogP contribution >= 0.6 is 0 Å². The molecule has 4 aromatic carbocycles. The zero-order valence-electron chi connectivity index (χ0n) is 27.7. The average molecular weight is 691 g/mol. The molecule has 50 heavy (non-hydrogen) atoms. The number of ether oxygens (including phenoxy) is 2. The van der Waals surface area contributed by atoms with Gasteiger partial charge in [-0.05, 0) is 60.9 Å². The number of hydrogen-bond acceptors (Lipinski definition) is 7. The first-order chi connectivity index (χ1) is 23.7. The molecule has 2 N–H and O–H groups in total. The van der Waals surface area contributed by atoms with Gasteiger partial charge in [0.05, 0.1) is 12.6 Å². The first-order valence-corrected chi connectivity index (χ1v) is 15.5. The highest BCUT2D eigenvalue weighted by molar-refractivity contribution is 5.95. The lowest BCUT2D eigenvalue weighted by Crippen LogP contribution is -2.39. The third-order valence-corrected chi connectivity index (χ3v) is 8.41. The molecular weight excluding hydrogens is 656 g/mol. The Bertz CT molecular complexity index is 1940. The maximum atomic E-state index is 15.7. The van der Waals surface area contributed by atoms with Gasteiger partial charge in [0.15, 0.2) is 0 Å². The second-order valence-corrected chi connectivity index (χ2v) is 11.8. The van der Waals surface area contributed by atoms with E-state index in [-0.39, 0.29) is 42.0 Å². The summed E-state index contributed by atoms with van der Waals surface area (Å²) in [5.74, 6) is -4.36. The number of halogens is 4. The van der Waals surface area contributed by atoms with Gasteiger partial charge in [-0.3, -0.25) is 9.59 Å². The maximum Gasteiger partial charge on any atom is 0.514 e. The van der Waals surface area contributed by atoms with Gasteiger partial charge >= 0.3 is 6.16 Å². The van der Waals surface area contributed by atoms with Crippen molar-refractivity contribution >= 4 is 29.3 Å². The monoisotopic (exact) mass is 690 g/mol. The predicted octanol–water partition coefficient (Wildman–Crippen LogP) is 7.64. The van der Waals surface area contributed by atoms with Crippen LogP contribution in [0.1, 0.15) is 58.1 Å². The Labute approximate surface area is 286 Å². The molecule has 0 spiro atoms. The van der Waals surface area contributed by atoms with Gasteiger partial charge in [-0.25, -0.2) is 22.4 Å². The highest BCUT2D eigenvalue weighted by Gasteiger charge is 2.31. The Balaban J connectivity index is 1.30. The molecule has 0 bridgehead atoms. The molecule has 4 aromatic rings. The van der Waals surface area contributed by atoms with Gasteiger partial charge in [0, 0.05) is 66.8 Å². The number of nitrogens with one attached hydrogen (secondary N) is 2. The first-order valence-electron chi connectivity index (χ1n) is 15.5. The molecule has 0 aliphatic carbocycles. The van der Waals surface area contributed by atoms with E-state index >= 15 is 4.39 Å². The number of hydrogen-bond donors (Lipinski definition) is 2. The molecule has 1 aliphatic heterocycles. The van der Waals surface area contributed by atoms with Gasteiger partial charge in [-0.2, -0.15) is 0 Å². The fraction of sp³-hybridized carbons (Fsp3) is 0.216. The summed E-state index contributed by atoms with van der Waals surface area (Å²) in [6, 6.07) is 15.1. The number of carbonyl (C=O) groups is 3. The van der Waals surface area contributed by atoms with Gasteiger partial charge in [0.1, 0.15) is 41.4 Å². The van der Waals surface area contributed by atoms with Crippen molar-refractivity contribution in [2.75, 3.05) is 17.3 Å². The molecule has 5 rings (SSSR count). The minimum Gasteiger partial charge on any atom is -0.429 e. The van der Waals surface area contributed by atoms with Crippen molar-refractivity contribution in [3.63, 3.8) is 0 Å². The number of fused-ring (bicyclic) bond motifs is 1. The van der Waals surface area contributed by atoms with Crippen molar-refractivity contribution in [3.05, 3.63) is 136 Å². The summed E-state index contributed by atoms with van der Waals surface area (Å²) in [5, 5.41) is 5.11. The van der Waals surface area contributed by atoms with Crippen LogP contribution in [0.5, 0.6) is 5.75 Å². The zero-order chi connectivity index (χ0) is 36.3. The summed E-state index contributed by atoms with van der Waals surface area (Å²) in [5.41, 5.74) is 3.05. The van der Waals surface area contributed by atoms with Crippen LogP contribution in [-0.4, -0.2) is 29.9 Å². The molecule has 9 nitrogen and oxygen atoms in total. The van der Waals surface area contributed by atoms with Gasteiger partial charge in [-0.15, -0.1) is 0 Å². The maximum absolute atomic E-state index is 15.7. The first kappa shape index (κ1) is 35.5. The Morgan fingerprint density at radius 2 is 1.56 bits per heavy atom. The van der Waals surface area contributed by atoms with Crippen LogP contribution in [0.2, 0.25) is 0 Å². The summed E-state index contributed by atoms with van der Waals surface area (Å²) in [4.78, 5) is 40.3. The molecule has 0 aromatic heterocycles. The topological polar surface area (TPSA) is 100 Å². The summed E-state index contributed by atoms with van der Waals surface area (Å²) >= 11 is 0. The Morgan fingerprint density at radius 1 is 0.900 bits per heavy atom. The number of rotatable bonds is 9. The van der Waals surface area contributed by atoms with Crippen molar-refractivity contribution in [1.29, 1.82) is 0 Å². The van der Waals surface area contributed by atoms with Gasteiger partial charge < -0.3 is 29.9 Å². The standard InChI is InChI=1S/C37H34F4N4O5/c1-20-12-28(50-37(48)49-19-24-6-9-27(10-7-24)43-22(3)46)16-34(41)31(20)18-45-23(4)44(5)21(2)29-11-8-25(13-35(29)45)36(47)42-17-30-32(39)14-26(38)15-33(30)40/h6-16,21H,4,17-19H2,1-3,5H3,(H,42,47)(H,43,46)/t21-/m0/s1. The van der Waals surface area contributed by atoms with E-state index in [9.17, 15) is 27.6 Å². The van der Waals surface area contributed by atoms with E-state index in [0.29, 0.717) is 40.5 Å². The Morgan fingerprint density at radius 3 is 2.20 bits per heavy atom. The Kier molecular flexibility index (Phi) is 10.4. The largest absolute Gasteiger partial charge is 0.514 e. The Hall–Kier alpha value is -5.85. The second kappa shape index (κ2) is 14.7. The van der Waals surface area contributed by atoms with Crippen molar-refractivity contribution in [1.82, 2.24) is 10.2 Å². The molecule has 1 heterocycles. The molecule has 260 valence electrons. The molecule has 0 fully saturated rings. The van der Waals surface area contributed by atoms with E-state index in [0.717, 1.165) is 11.6 Å². The third-order valence-electron chi connectivity index (χ3n) is 8.41. The van der Waals surface area contributed by atoms with Crippen LogP contribution in [0.3, 0.4) is 0 Å². The summed E-state index contributed by atoms with van der Waals surface area (Å²) in [6.45, 7) is 8.56. The second-order valence-electron chi connectivity index (χ2n) is 11.8. The number of amides is 2. The van der Waals surface area contributed by atoms with E-state index in [1.807, 2.05) is 18.9 Å². The molecule has 1 atom stereocenters. The van der Waals surface area contributed by atoms with E-state index in [1.165, 1.54) is 13.0 Å². The fourth-order valence-corrected chi connectivity index (χ4v) is 5.54. The average Bonchev–Trinajstić information content (AvgIpc) is 3.05. The molecule has 0 saturated heterocycles. The quantitative estimate of drug-likeness (QED) is 0.106. The number of benzene rings is 4. The number of anilines is 2. The zero-order valence-corrected chi connectivity index (χ0v) is 27.7. The minimum atomic E-state index is -1.12. The predicted molar refractivity (Wildman–Crippen MR) is 178 cm³/mol. The van der Waals surface area contributed by atoms with E-state index in [1.54, 1.807) is 54.3 Å². The van der Waals surface area contributed by atoms with Crippen LogP contribution in [0.25, 0.3) is 0 Å². The molecule has 0 saturated carbocycles. The fourth-order valence-electron chi connectivity index (χ4n) is 5.54. The summed E-state index contributed by atoms with van der Waals surface area (Å²) < 4.78 is 67.6. The van der Waals surface area contributed by atoms with Gasteiger partial charge in [0.2, 0.25) is 5.91 Å². The van der Waals surface area contributed by atoms with Crippen molar-refractivity contribution < 1.29 is 41.4 Å². The van der Waals surface area contributed by atoms with Crippen LogP contribution in [0.15, 0.2) is 79.1 Å². The van der Waals surface area contributed by atoms with Crippen LogP contribution in [0, 0.1) is 30.2 Å². The lowest BCUT2D eigenvalue weighted by molar-refractivity contribution is -0.114. The molecule has 0 unspecified atom stereocenters. The van der Waals surface area contributed by atoms with Crippen LogP contribution < -0.4 is 20.3 Å². The van der Waals surface area contributed by atoms with Crippen molar-refractivity contribution in [2.24, 2.45) is 0 Å².